The third-order valence-electron chi connectivity index (χ3n) is 4.93. The van der Waals surface area contributed by atoms with Gasteiger partial charge in [0.05, 0.1) is 25.4 Å². The Bertz CT molecular complexity index is 567. The third-order valence-corrected chi connectivity index (χ3v) is 4.93. The van der Waals surface area contributed by atoms with Gasteiger partial charge in [0.2, 0.25) is 5.91 Å². The average Bonchev–Trinajstić information content (AvgIpc) is 2.56. The molecule has 2 saturated heterocycles. The zero-order valence-electron chi connectivity index (χ0n) is 13.9. The first-order chi connectivity index (χ1) is 11.5. The van der Waals surface area contributed by atoms with Crippen molar-refractivity contribution >= 4 is 5.91 Å². The molecule has 5 nitrogen and oxygen atoms in total. The number of piperidine rings is 1. The van der Waals surface area contributed by atoms with Gasteiger partial charge >= 0.3 is 0 Å². The summed E-state index contributed by atoms with van der Waals surface area (Å²) < 4.78 is 18.6. The number of hydrogen-bond donors (Lipinski definition) is 1. The van der Waals surface area contributed by atoms with Gasteiger partial charge in [-0.2, -0.15) is 0 Å². The van der Waals surface area contributed by atoms with Gasteiger partial charge in [0, 0.05) is 32.6 Å². The molecule has 0 unspecified atom stereocenters. The Balaban J connectivity index is 1.50. The number of carbonyl (C=O) groups is 1. The second-order valence-electron chi connectivity index (χ2n) is 6.80. The number of rotatable bonds is 4. The molecule has 0 aliphatic carbocycles. The minimum Gasteiger partial charge on any atom is -0.389 e. The highest BCUT2D eigenvalue weighted by Gasteiger charge is 2.34. The average molecular weight is 336 g/mol. The lowest BCUT2D eigenvalue weighted by Gasteiger charge is -2.39. The molecule has 2 aliphatic rings. The SMILES string of the molecule is O=C(CN1CCOCC1)N1CCC(O)(Cc2cccc(F)c2)CC1. The zero-order valence-corrected chi connectivity index (χ0v) is 13.9. The molecule has 0 atom stereocenters. The van der Waals surface area contributed by atoms with Crippen molar-refractivity contribution in [2.75, 3.05) is 45.9 Å². The highest BCUT2D eigenvalue weighted by atomic mass is 19.1. The quantitative estimate of drug-likeness (QED) is 0.893. The lowest BCUT2D eigenvalue weighted by Crippen LogP contribution is -2.51. The molecule has 1 amide bonds. The van der Waals surface area contributed by atoms with Gasteiger partial charge in [0.1, 0.15) is 5.82 Å². The van der Waals surface area contributed by atoms with E-state index in [1.165, 1.54) is 12.1 Å². The van der Waals surface area contributed by atoms with Gasteiger partial charge in [-0.1, -0.05) is 12.1 Å². The van der Waals surface area contributed by atoms with Crippen molar-refractivity contribution in [2.45, 2.75) is 24.9 Å². The molecule has 1 aromatic carbocycles. The van der Waals surface area contributed by atoms with Gasteiger partial charge in [-0.05, 0) is 30.5 Å². The summed E-state index contributed by atoms with van der Waals surface area (Å²) in [5, 5.41) is 10.7. The molecule has 0 aromatic heterocycles. The highest BCUT2D eigenvalue weighted by molar-refractivity contribution is 5.78. The molecule has 3 rings (SSSR count). The predicted octanol–water partition coefficient (Wildman–Crippen LogP) is 1.05. The topological polar surface area (TPSA) is 53.0 Å². The Labute approximate surface area is 142 Å². The fraction of sp³-hybridized carbons (Fsp3) is 0.611. The van der Waals surface area contributed by atoms with E-state index in [0.717, 1.165) is 18.7 Å². The summed E-state index contributed by atoms with van der Waals surface area (Å²) in [5.41, 5.74) is -0.0608. The van der Waals surface area contributed by atoms with Crippen molar-refractivity contribution in [3.63, 3.8) is 0 Å². The number of nitrogens with zero attached hydrogens (tertiary/aromatic N) is 2. The smallest absolute Gasteiger partial charge is 0.236 e. The van der Waals surface area contributed by atoms with Crippen molar-refractivity contribution < 1.29 is 19.0 Å². The molecule has 0 spiro atoms. The van der Waals surface area contributed by atoms with Crippen LogP contribution in [0.4, 0.5) is 4.39 Å². The van der Waals surface area contributed by atoms with E-state index in [0.29, 0.717) is 52.1 Å². The number of likely N-dealkylation sites (tertiary alicyclic amines) is 1. The van der Waals surface area contributed by atoms with Crippen LogP contribution in [0, 0.1) is 5.82 Å². The fourth-order valence-corrected chi connectivity index (χ4v) is 3.43. The summed E-state index contributed by atoms with van der Waals surface area (Å²) in [6.07, 6.45) is 1.48. The molecular formula is C18H25FN2O3. The second kappa shape index (κ2) is 7.59. The molecule has 24 heavy (non-hydrogen) atoms. The zero-order chi connectivity index (χ0) is 17.0. The van der Waals surface area contributed by atoms with Crippen molar-refractivity contribution in [1.82, 2.24) is 9.80 Å². The normalized spacial score (nSPS) is 21.7. The lowest BCUT2D eigenvalue weighted by atomic mass is 9.85. The monoisotopic (exact) mass is 336 g/mol. The molecule has 1 aromatic rings. The molecule has 2 aliphatic heterocycles. The van der Waals surface area contributed by atoms with Crippen LogP contribution >= 0.6 is 0 Å². The van der Waals surface area contributed by atoms with Crippen LogP contribution in [0.5, 0.6) is 0 Å². The summed E-state index contributed by atoms with van der Waals surface area (Å²) in [5.74, 6) is -0.168. The predicted molar refractivity (Wildman–Crippen MR) is 88.1 cm³/mol. The van der Waals surface area contributed by atoms with Gasteiger partial charge in [0.15, 0.2) is 0 Å². The fourth-order valence-electron chi connectivity index (χ4n) is 3.43. The first kappa shape index (κ1) is 17.3. The van der Waals surface area contributed by atoms with Gasteiger partial charge < -0.3 is 14.7 Å². The number of aliphatic hydroxyl groups is 1. The van der Waals surface area contributed by atoms with Crippen LogP contribution in [0.2, 0.25) is 0 Å². The van der Waals surface area contributed by atoms with Crippen LogP contribution in [-0.2, 0) is 16.0 Å². The molecule has 0 bridgehead atoms. The van der Waals surface area contributed by atoms with E-state index in [9.17, 15) is 14.3 Å². The summed E-state index contributed by atoms with van der Waals surface area (Å²) in [6.45, 7) is 4.48. The van der Waals surface area contributed by atoms with Gasteiger partial charge in [-0.15, -0.1) is 0 Å². The Hall–Kier alpha value is -1.50. The van der Waals surface area contributed by atoms with E-state index < -0.39 is 5.60 Å². The van der Waals surface area contributed by atoms with Crippen molar-refractivity contribution in [2.24, 2.45) is 0 Å². The van der Waals surface area contributed by atoms with Crippen molar-refractivity contribution in [3.8, 4) is 0 Å². The molecular weight excluding hydrogens is 311 g/mol. The maximum Gasteiger partial charge on any atom is 0.236 e. The molecule has 0 radical (unpaired) electrons. The van der Waals surface area contributed by atoms with Gasteiger partial charge in [-0.25, -0.2) is 4.39 Å². The molecule has 6 heteroatoms. The molecule has 0 saturated carbocycles. The van der Waals surface area contributed by atoms with Crippen LogP contribution in [0.3, 0.4) is 0 Å². The lowest BCUT2D eigenvalue weighted by molar-refractivity contribution is -0.137. The number of benzene rings is 1. The molecule has 132 valence electrons. The Morgan fingerprint density at radius 1 is 1.21 bits per heavy atom. The van der Waals surface area contributed by atoms with Crippen LogP contribution in [-0.4, -0.2) is 72.4 Å². The van der Waals surface area contributed by atoms with E-state index in [1.807, 2.05) is 11.0 Å². The van der Waals surface area contributed by atoms with Crippen LogP contribution < -0.4 is 0 Å². The minimum atomic E-state index is -0.858. The maximum absolute atomic E-state index is 13.3. The van der Waals surface area contributed by atoms with E-state index in [1.54, 1.807) is 6.07 Å². The van der Waals surface area contributed by atoms with Crippen LogP contribution in [0.25, 0.3) is 0 Å². The van der Waals surface area contributed by atoms with Crippen molar-refractivity contribution in [3.05, 3.63) is 35.6 Å². The highest BCUT2D eigenvalue weighted by Crippen LogP contribution is 2.26. The van der Waals surface area contributed by atoms with Crippen molar-refractivity contribution in [1.29, 1.82) is 0 Å². The number of ether oxygens (including phenoxy) is 1. The largest absolute Gasteiger partial charge is 0.389 e. The molecule has 1 N–H and O–H groups in total. The van der Waals surface area contributed by atoms with Gasteiger partial charge in [-0.3, -0.25) is 9.69 Å². The van der Waals surface area contributed by atoms with Crippen LogP contribution in [0.1, 0.15) is 18.4 Å². The Morgan fingerprint density at radius 3 is 2.58 bits per heavy atom. The number of hydrogen-bond acceptors (Lipinski definition) is 4. The molecule has 2 heterocycles. The summed E-state index contributed by atoms with van der Waals surface area (Å²) >= 11 is 0. The first-order valence-electron chi connectivity index (χ1n) is 8.59. The Morgan fingerprint density at radius 2 is 1.92 bits per heavy atom. The van der Waals surface area contributed by atoms with E-state index in [-0.39, 0.29) is 11.7 Å². The standard InChI is InChI=1S/C18H25FN2O3/c19-16-3-1-2-15(12-16)13-18(23)4-6-21(7-5-18)17(22)14-20-8-10-24-11-9-20/h1-3,12,23H,4-11,13-14H2. The first-order valence-corrected chi connectivity index (χ1v) is 8.59. The number of amides is 1. The number of halogens is 1. The number of carbonyl (C=O) groups excluding carboxylic acids is 1. The van der Waals surface area contributed by atoms with Crippen LogP contribution in [0.15, 0.2) is 24.3 Å². The minimum absolute atomic E-state index is 0.115. The third kappa shape index (κ3) is 4.53. The summed E-state index contributed by atoms with van der Waals surface area (Å²) in [4.78, 5) is 16.3. The Kier molecular flexibility index (Phi) is 5.48. The van der Waals surface area contributed by atoms with E-state index >= 15 is 0 Å². The summed E-state index contributed by atoms with van der Waals surface area (Å²) in [6, 6.07) is 6.36. The number of morpholine rings is 1. The second-order valence-corrected chi connectivity index (χ2v) is 6.80. The maximum atomic E-state index is 13.3. The van der Waals surface area contributed by atoms with Gasteiger partial charge in [0.25, 0.3) is 0 Å². The molecule has 2 fully saturated rings. The van der Waals surface area contributed by atoms with E-state index in [4.69, 9.17) is 4.74 Å². The van der Waals surface area contributed by atoms with E-state index in [2.05, 4.69) is 4.90 Å². The summed E-state index contributed by atoms with van der Waals surface area (Å²) in [7, 11) is 0.